The molecule has 0 saturated carbocycles. The van der Waals surface area contributed by atoms with Crippen molar-refractivity contribution in [3.63, 3.8) is 0 Å². The molecule has 3 heteroatoms. The molecule has 0 unspecified atom stereocenters. The Hall–Kier alpha value is -2.16. The van der Waals surface area contributed by atoms with Crippen LogP contribution in [0.1, 0.15) is 5.56 Å². The van der Waals surface area contributed by atoms with Gasteiger partial charge in [-0.05, 0) is 16.8 Å². The van der Waals surface area contributed by atoms with Crippen molar-refractivity contribution in [2.45, 2.75) is 0 Å². The highest BCUT2D eigenvalue weighted by atomic mass is 16.5. The normalized spacial score (nSPS) is 10.1. The molecule has 80 valence electrons. The number of benzene rings is 2. The van der Waals surface area contributed by atoms with Crippen LogP contribution in [0.15, 0.2) is 42.5 Å². The van der Waals surface area contributed by atoms with E-state index in [0.29, 0.717) is 5.56 Å². The van der Waals surface area contributed by atoms with Crippen LogP contribution < -0.4 is 0 Å². The van der Waals surface area contributed by atoms with Crippen LogP contribution in [0.3, 0.4) is 0 Å². The number of hydrogen-bond acceptors (Lipinski definition) is 3. The predicted octanol–water partition coefficient (Wildman–Crippen LogP) is 2.38. The highest BCUT2D eigenvalue weighted by Crippen LogP contribution is 2.16. The molecule has 16 heavy (non-hydrogen) atoms. The van der Waals surface area contributed by atoms with Gasteiger partial charge in [0.25, 0.3) is 0 Å². The third-order valence-corrected chi connectivity index (χ3v) is 2.43. The fourth-order valence-electron chi connectivity index (χ4n) is 1.56. The maximum absolute atomic E-state index is 11.2. The van der Waals surface area contributed by atoms with Crippen LogP contribution in [0.5, 0.6) is 0 Å². The van der Waals surface area contributed by atoms with Crippen molar-refractivity contribution in [1.29, 1.82) is 5.41 Å². The van der Waals surface area contributed by atoms with E-state index in [1.54, 1.807) is 6.07 Å². The second-order valence-corrected chi connectivity index (χ2v) is 3.43. The number of carbonyl (C=O) groups is 1. The van der Waals surface area contributed by atoms with E-state index in [9.17, 15) is 4.79 Å². The fourth-order valence-corrected chi connectivity index (χ4v) is 1.56. The van der Waals surface area contributed by atoms with Gasteiger partial charge >= 0.3 is 5.97 Å². The van der Waals surface area contributed by atoms with Crippen molar-refractivity contribution >= 4 is 22.5 Å². The van der Waals surface area contributed by atoms with Crippen molar-refractivity contribution in [2.24, 2.45) is 0 Å². The molecule has 0 aliphatic carbocycles. The van der Waals surface area contributed by atoms with Crippen molar-refractivity contribution in [2.75, 3.05) is 7.11 Å². The number of hydrogen-bond donors (Lipinski definition) is 1. The van der Waals surface area contributed by atoms with E-state index in [1.165, 1.54) is 7.11 Å². The minimum absolute atomic E-state index is 0.117. The van der Waals surface area contributed by atoms with Crippen LogP contribution in [0, 0.1) is 5.41 Å². The number of fused-ring (bicyclic) bond motifs is 1. The molecule has 0 spiro atoms. The summed E-state index contributed by atoms with van der Waals surface area (Å²) >= 11 is 0. The van der Waals surface area contributed by atoms with Crippen molar-refractivity contribution in [1.82, 2.24) is 0 Å². The van der Waals surface area contributed by atoms with Crippen molar-refractivity contribution in [3.8, 4) is 0 Å². The number of esters is 1. The van der Waals surface area contributed by atoms with E-state index >= 15 is 0 Å². The summed E-state index contributed by atoms with van der Waals surface area (Å²) < 4.78 is 4.51. The Balaban J connectivity index is 2.47. The van der Waals surface area contributed by atoms with Gasteiger partial charge in [0.2, 0.25) is 0 Å². The highest BCUT2D eigenvalue weighted by Gasteiger charge is 2.11. The van der Waals surface area contributed by atoms with Crippen LogP contribution in [0.4, 0.5) is 0 Å². The van der Waals surface area contributed by atoms with Gasteiger partial charge in [-0.1, -0.05) is 36.4 Å². The quantitative estimate of drug-likeness (QED) is 0.615. The number of rotatable bonds is 2. The van der Waals surface area contributed by atoms with Gasteiger partial charge in [-0.2, -0.15) is 0 Å². The largest absolute Gasteiger partial charge is 0.464 e. The summed E-state index contributed by atoms with van der Waals surface area (Å²) in [4.78, 5) is 11.2. The van der Waals surface area contributed by atoms with Crippen LogP contribution in [0.2, 0.25) is 0 Å². The van der Waals surface area contributed by atoms with Gasteiger partial charge in [-0.15, -0.1) is 0 Å². The second-order valence-electron chi connectivity index (χ2n) is 3.43. The summed E-state index contributed by atoms with van der Waals surface area (Å²) in [5.41, 5.74) is 0.457. The molecule has 0 atom stereocenters. The number of nitrogens with one attached hydrogen (secondary N) is 1. The molecule has 0 aliphatic heterocycles. The summed E-state index contributed by atoms with van der Waals surface area (Å²) in [7, 11) is 1.28. The van der Waals surface area contributed by atoms with Gasteiger partial charge in [0, 0.05) is 5.56 Å². The van der Waals surface area contributed by atoms with E-state index in [1.807, 2.05) is 36.4 Å². The molecule has 0 radical (unpaired) electrons. The summed E-state index contributed by atoms with van der Waals surface area (Å²) in [6, 6.07) is 13.3. The molecule has 0 bridgehead atoms. The molecule has 2 aromatic carbocycles. The molecule has 2 rings (SSSR count). The smallest absolute Gasteiger partial charge is 0.356 e. The van der Waals surface area contributed by atoms with E-state index in [-0.39, 0.29) is 5.71 Å². The molecular formula is C13H11NO2. The zero-order chi connectivity index (χ0) is 11.5. The predicted molar refractivity (Wildman–Crippen MR) is 62.8 cm³/mol. The molecule has 0 aliphatic rings. The molecule has 2 aromatic rings. The van der Waals surface area contributed by atoms with Gasteiger partial charge in [0.1, 0.15) is 5.71 Å². The Morgan fingerprint density at radius 2 is 1.81 bits per heavy atom. The third kappa shape index (κ3) is 1.80. The molecule has 0 saturated heterocycles. The number of ether oxygens (including phenoxy) is 1. The average Bonchev–Trinajstić information content (AvgIpc) is 2.36. The summed E-state index contributed by atoms with van der Waals surface area (Å²) in [5.74, 6) is -0.615. The third-order valence-electron chi connectivity index (χ3n) is 2.43. The number of methoxy groups -OCH3 is 1. The molecular weight excluding hydrogens is 202 g/mol. The van der Waals surface area contributed by atoms with Crippen LogP contribution >= 0.6 is 0 Å². The van der Waals surface area contributed by atoms with E-state index in [0.717, 1.165) is 10.8 Å². The van der Waals surface area contributed by atoms with Gasteiger partial charge in [-0.3, -0.25) is 5.41 Å². The van der Waals surface area contributed by atoms with Crippen LogP contribution in [-0.2, 0) is 9.53 Å². The maximum Gasteiger partial charge on any atom is 0.356 e. The van der Waals surface area contributed by atoms with E-state index < -0.39 is 5.97 Å². The molecule has 3 nitrogen and oxygen atoms in total. The first kappa shape index (κ1) is 10.4. The summed E-state index contributed by atoms with van der Waals surface area (Å²) in [6.45, 7) is 0. The maximum atomic E-state index is 11.2. The molecule has 0 amide bonds. The standard InChI is InChI=1S/C13H11NO2/c1-16-13(15)12(14)11-7-6-9-4-2-3-5-10(9)8-11/h2-8,14H,1H3. The average molecular weight is 213 g/mol. The summed E-state index contributed by atoms with van der Waals surface area (Å²) in [5, 5.41) is 9.73. The second kappa shape index (κ2) is 4.14. The Morgan fingerprint density at radius 3 is 2.50 bits per heavy atom. The monoisotopic (exact) mass is 213 g/mol. The first-order chi connectivity index (χ1) is 7.72. The van der Waals surface area contributed by atoms with Crippen LogP contribution in [-0.4, -0.2) is 18.8 Å². The fraction of sp³-hybridized carbons (Fsp3) is 0.0769. The van der Waals surface area contributed by atoms with E-state index in [2.05, 4.69) is 4.74 Å². The minimum Gasteiger partial charge on any atom is -0.464 e. The van der Waals surface area contributed by atoms with Gasteiger partial charge in [0.05, 0.1) is 7.11 Å². The lowest BCUT2D eigenvalue weighted by Gasteiger charge is -2.03. The van der Waals surface area contributed by atoms with Gasteiger partial charge in [0.15, 0.2) is 0 Å². The van der Waals surface area contributed by atoms with E-state index in [4.69, 9.17) is 5.41 Å². The van der Waals surface area contributed by atoms with Crippen molar-refractivity contribution in [3.05, 3.63) is 48.0 Å². The zero-order valence-electron chi connectivity index (χ0n) is 8.86. The van der Waals surface area contributed by atoms with Crippen LogP contribution in [0.25, 0.3) is 10.8 Å². The highest BCUT2D eigenvalue weighted by molar-refractivity contribution is 6.42. The lowest BCUT2D eigenvalue weighted by atomic mass is 10.0. The Kier molecular flexibility index (Phi) is 2.68. The Bertz CT molecular complexity index is 561. The minimum atomic E-state index is -0.615. The zero-order valence-corrected chi connectivity index (χ0v) is 8.86. The topological polar surface area (TPSA) is 50.2 Å². The first-order valence-electron chi connectivity index (χ1n) is 4.88. The molecule has 0 heterocycles. The molecule has 0 aromatic heterocycles. The van der Waals surface area contributed by atoms with Gasteiger partial charge in [-0.25, -0.2) is 4.79 Å². The lowest BCUT2D eigenvalue weighted by Crippen LogP contribution is -2.15. The number of carbonyl (C=O) groups excluding carboxylic acids is 1. The van der Waals surface area contributed by atoms with Gasteiger partial charge < -0.3 is 4.74 Å². The SMILES string of the molecule is COC(=O)C(=N)c1ccc2ccccc2c1. The van der Waals surface area contributed by atoms with Crippen molar-refractivity contribution < 1.29 is 9.53 Å². The lowest BCUT2D eigenvalue weighted by molar-refractivity contribution is -0.132. The first-order valence-corrected chi connectivity index (χ1v) is 4.88. The summed E-state index contributed by atoms with van der Waals surface area (Å²) in [6.07, 6.45) is 0. The Morgan fingerprint density at radius 1 is 1.12 bits per heavy atom. The molecule has 1 N–H and O–H groups in total. The Labute approximate surface area is 93.2 Å². The molecule has 0 fully saturated rings.